The van der Waals surface area contributed by atoms with Gasteiger partial charge in [0.2, 0.25) is 0 Å². The van der Waals surface area contributed by atoms with Crippen LogP contribution in [-0.4, -0.2) is 0 Å². The van der Waals surface area contributed by atoms with Gasteiger partial charge in [-0.1, -0.05) is 33.6 Å². The van der Waals surface area contributed by atoms with Crippen molar-refractivity contribution in [3.05, 3.63) is 56.5 Å². The Morgan fingerprint density at radius 3 is 2.26 bits per heavy atom. The van der Waals surface area contributed by atoms with E-state index < -0.39 is 0 Å². The van der Waals surface area contributed by atoms with E-state index in [0.717, 1.165) is 37.7 Å². The fourth-order valence-corrected chi connectivity index (χ4v) is 3.10. The summed E-state index contributed by atoms with van der Waals surface area (Å²) in [6.45, 7) is 3.97. The van der Waals surface area contributed by atoms with Crippen molar-refractivity contribution in [3.63, 3.8) is 0 Å². The second kappa shape index (κ2) is 6.17. The molecule has 2 rings (SSSR count). The molecule has 0 radical (unpaired) electrons. The molecule has 0 aliphatic carbocycles. The van der Waals surface area contributed by atoms with Crippen molar-refractivity contribution >= 4 is 39.1 Å². The quantitative estimate of drug-likeness (QED) is 0.588. The Bertz CT molecular complexity index is 588. The van der Waals surface area contributed by atoms with E-state index in [0.29, 0.717) is 5.88 Å². The summed E-state index contributed by atoms with van der Waals surface area (Å²) in [6, 6.07) is 9.58. The molecule has 4 heteroatoms. The largest absolute Gasteiger partial charge is 0.457 e. The number of aryl methyl sites for hydroxylation is 2. The third-order valence-electron chi connectivity index (χ3n) is 2.81. The topological polar surface area (TPSA) is 9.23 Å². The molecule has 0 atom stereocenters. The fourth-order valence-electron chi connectivity index (χ4n) is 1.88. The van der Waals surface area contributed by atoms with Crippen LogP contribution in [0.3, 0.4) is 0 Å². The Labute approximate surface area is 131 Å². The molecule has 0 spiro atoms. The van der Waals surface area contributed by atoms with Crippen molar-refractivity contribution in [1.29, 1.82) is 0 Å². The third kappa shape index (κ3) is 3.44. The van der Waals surface area contributed by atoms with Crippen molar-refractivity contribution in [1.82, 2.24) is 0 Å². The van der Waals surface area contributed by atoms with Crippen molar-refractivity contribution in [2.24, 2.45) is 0 Å². The lowest BCUT2D eigenvalue weighted by Gasteiger charge is -2.13. The molecule has 1 nitrogen and oxygen atoms in total. The highest BCUT2D eigenvalue weighted by Crippen LogP contribution is 2.33. The first-order valence-corrected chi connectivity index (χ1v) is 7.51. The van der Waals surface area contributed by atoms with Gasteiger partial charge in [-0.05, 0) is 54.8 Å². The lowest BCUT2D eigenvalue weighted by molar-refractivity contribution is 0.474. The van der Waals surface area contributed by atoms with Crippen molar-refractivity contribution < 1.29 is 4.74 Å². The second-order valence-electron chi connectivity index (χ2n) is 4.36. The minimum Gasteiger partial charge on any atom is -0.457 e. The van der Waals surface area contributed by atoms with E-state index in [-0.39, 0.29) is 0 Å². The first kappa shape index (κ1) is 14.7. The zero-order valence-electron chi connectivity index (χ0n) is 10.6. The van der Waals surface area contributed by atoms with Gasteiger partial charge in [0.05, 0.1) is 0 Å². The minimum atomic E-state index is 0.472. The highest BCUT2D eigenvalue weighted by Gasteiger charge is 2.08. The zero-order valence-corrected chi connectivity index (χ0v) is 13.7. The molecular formula is C15H13BrCl2O. The number of ether oxygens (including phenoxy) is 1. The third-order valence-corrected chi connectivity index (χ3v) is 4.06. The summed E-state index contributed by atoms with van der Waals surface area (Å²) in [6.07, 6.45) is 0. The molecule has 0 aromatic heterocycles. The summed E-state index contributed by atoms with van der Waals surface area (Å²) in [5.74, 6) is 2.09. The van der Waals surface area contributed by atoms with E-state index in [4.69, 9.17) is 27.9 Å². The molecular weight excluding hydrogens is 347 g/mol. The summed E-state index contributed by atoms with van der Waals surface area (Å²) < 4.78 is 6.89. The van der Waals surface area contributed by atoms with Crippen molar-refractivity contribution in [2.45, 2.75) is 19.7 Å². The molecule has 0 saturated heterocycles. The summed E-state index contributed by atoms with van der Waals surface area (Å²) in [5, 5.41) is 0.723. The van der Waals surface area contributed by atoms with E-state index >= 15 is 0 Å². The van der Waals surface area contributed by atoms with E-state index in [2.05, 4.69) is 15.9 Å². The van der Waals surface area contributed by atoms with Gasteiger partial charge >= 0.3 is 0 Å². The monoisotopic (exact) mass is 358 g/mol. The number of alkyl halides is 1. The average molecular weight is 360 g/mol. The van der Waals surface area contributed by atoms with E-state index in [1.54, 1.807) is 0 Å². The summed E-state index contributed by atoms with van der Waals surface area (Å²) >= 11 is 15.3. The standard InChI is InChI=1S/C15H13BrCl2O/c1-9-5-12(18)6-10(2)15(9)19-13-4-3-11(8-17)14(16)7-13/h3-7H,8H2,1-2H3. The van der Waals surface area contributed by atoms with Crippen LogP contribution >= 0.6 is 39.1 Å². The first-order chi connectivity index (χ1) is 9.01. The summed E-state index contributed by atoms with van der Waals surface area (Å²) in [7, 11) is 0. The Balaban J connectivity index is 2.34. The van der Waals surface area contributed by atoms with Crippen LogP contribution in [0.15, 0.2) is 34.8 Å². The predicted molar refractivity (Wildman–Crippen MR) is 84.7 cm³/mol. The molecule has 0 heterocycles. The number of hydrogen-bond acceptors (Lipinski definition) is 1. The van der Waals surface area contributed by atoms with Gasteiger partial charge in [0.25, 0.3) is 0 Å². The average Bonchev–Trinajstić information content (AvgIpc) is 2.34. The highest BCUT2D eigenvalue weighted by molar-refractivity contribution is 9.10. The molecule has 2 aromatic carbocycles. The SMILES string of the molecule is Cc1cc(Cl)cc(C)c1Oc1ccc(CCl)c(Br)c1. The molecule has 0 N–H and O–H groups in total. The lowest BCUT2D eigenvalue weighted by atomic mass is 10.1. The molecule has 0 aliphatic rings. The van der Waals surface area contributed by atoms with Crippen molar-refractivity contribution in [3.8, 4) is 11.5 Å². The molecule has 19 heavy (non-hydrogen) atoms. The van der Waals surface area contributed by atoms with Gasteiger partial charge in [-0.15, -0.1) is 11.6 Å². The van der Waals surface area contributed by atoms with E-state index in [1.807, 2.05) is 44.2 Å². The Hall–Kier alpha value is -0.700. The van der Waals surface area contributed by atoms with Gasteiger partial charge in [0, 0.05) is 15.4 Å². The summed E-state index contributed by atoms with van der Waals surface area (Å²) in [5.41, 5.74) is 3.07. The Kier molecular flexibility index (Phi) is 4.77. The van der Waals surface area contributed by atoms with Crippen LogP contribution in [0.1, 0.15) is 16.7 Å². The van der Waals surface area contributed by atoms with Crippen LogP contribution < -0.4 is 4.74 Å². The normalized spacial score (nSPS) is 10.6. The second-order valence-corrected chi connectivity index (χ2v) is 5.92. The molecule has 0 unspecified atom stereocenters. The molecule has 0 saturated carbocycles. The van der Waals surface area contributed by atoms with Crippen LogP contribution in [0.25, 0.3) is 0 Å². The molecule has 0 amide bonds. The van der Waals surface area contributed by atoms with E-state index in [1.165, 1.54) is 0 Å². The lowest BCUT2D eigenvalue weighted by Crippen LogP contribution is -1.92. The van der Waals surface area contributed by atoms with Crippen LogP contribution in [0, 0.1) is 13.8 Å². The number of halogens is 3. The number of benzene rings is 2. The highest BCUT2D eigenvalue weighted by atomic mass is 79.9. The summed E-state index contributed by atoms with van der Waals surface area (Å²) in [4.78, 5) is 0. The Morgan fingerprint density at radius 2 is 1.74 bits per heavy atom. The number of rotatable bonds is 3. The maximum absolute atomic E-state index is 6.01. The fraction of sp³-hybridized carbons (Fsp3) is 0.200. The van der Waals surface area contributed by atoms with Gasteiger partial charge in [-0.2, -0.15) is 0 Å². The predicted octanol–water partition coefficient (Wildman–Crippen LogP) is 6.25. The minimum absolute atomic E-state index is 0.472. The van der Waals surface area contributed by atoms with Gasteiger partial charge in [-0.25, -0.2) is 0 Å². The zero-order chi connectivity index (χ0) is 14.0. The maximum atomic E-state index is 6.01. The maximum Gasteiger partial charge on any atom is 0.133 e. The number of hydrogen-bond donors (Lipinski definition) is 0. The van der Waals surface area contributed by atoms with Crippen LogP contribution in [0.2, 0.25) is 5.02 Å². The smallest absolute Gasteiger partial charge is 0.133 e. The van der Waals surface area contributed by atoms with E-state index in [9.17, 15) is 0 Å². The van der Waals surface area contributed by atoms with Gasteiger partial charge in [-0.3, -0.25) is 0 Å². The van der Waals surface area contributed by atoms with Crippen LogP contribution in [-0.2, 0) is 5.88 Å². The van der Waals surface area contributed by atoms with Crippen LogP contribution in [0.5, 0.6) is 11.5 Å². The molecule has 0 fully saturated rings. The van der Waals surface area contributed by atoms with Crippen LogP contribution in [0.4, 0.5) is 0 Å². The van der Waals surface area contributed by atoms with Gasteiger partial charge < -0.3 is 4.74 Å². The molecule has 0 bridgehead atoms. The molecule has 0 aliphatic heterocycles. The van der Waals surface area contributed by atoms with Crippen molar-refractivity contribution in [2.75, 3.05) is 0 Å². The first-order valence-electron chi connectivity index (χ1n) is 5.80. The molecule has 2 aromatic rings. The Morgan fingerprint density at radius 1 is 1.11 bits per heavy atom. The van der Waals surface area contributed by atoms with Gasteiger partial charge in [0.15, 0.2) is 0 Å². The molecule has 100 valence electrons. The van der Waals surface area contributed by atoms with Gasteiger partial charge in [0.1, 0.15) is 11.5 Å².